The minimum absolute atomic E-state index is 0.501. The Labute approximate surface area is 187 Å². The van der Waals surface area contributed by atoms with Crippen LogP contribution < -0.4 is 10.6 Å². The van der Waals surface area contributed by atoms with Gasteiger partial charge in [-0.05, 0) is 67.4 Å². The zero-order valence-corrected chi connectivity index (χ0v) is 19.2. The fourth-order valence-electron chi connectivity index (χ4n) is 3.07. The lowest BCUT2D eigenvalue weighted by molar-refractivity contribution is 0.659. The lowest BCUT2D eigenvalue weighted by Crippen LogP contribution is -2.20. The first-order chi connectivity index (χ1) is 13.7. The summed E-state index contributed by atoms with van der Waals surface area (Å²) >= 11 is 17.6. The van der Waals surface area contributed by atoms with E-state index in [4.69, 9.17) is 35.4 Å². The highest BCUT2D eigenvalue weighted by atomic mass is 35.5. The molecule has 152 valence electrons. The molecule has 1 aromatic heterocycles. The van der Waals surface area contributed by atoms with Crippen molar-refractivity contribution >= 4 is 51.9 Å². The SMILES string of the molecule is Cc1nn(Cc2ccc(Cl)c(Cl)c2)c(C)c1NC(=S)Nc1ccc(C(C)C)cc1. The predicted octanol–water partition coefficient (Wildman–Crippen LogP) is 6.79. The van der Waals surface area contributed by atoms with Crippen molar-refractivity contribution in [2.45, 2.75) is 40.2 Å². The summed E-state index contributed by atoms with van der Waals surface area (Å²) in [4.78, 5) is 0. The normalized spacial score (nSPS) is 11.0. The van der Waals surface area contributed by atoms with Gasteiger partial charge in [0.1, 0.15) is 0 Å². The van der Waals surface area contributed by atoms with E-state index in [2.05, 4.69) is 41.7 Å². The van der Waals surface area contributed by atoms with E-state index in [0.717, 1.165) is 28.3 Å². The number of rotatable bonds is 5. The monoisotopic (exact) mass is 446 g/mol. The number of hydrogen-bond donors (Lipinski definition) is 2. The number of aryl methyl sites for hydroxylation is 1. The number of halogens is 2. The van der Waals surface area contributed by atoms with Crippen LogP contribution in [-0.2, 0) is 6.54 Å². The zero-order valence-electron chi connectivity index (χ0n) is 16.9. The number of nitrogens with zero attached hydrogens (tertiary/aromatic N) is 2. The van der Waals surface area contributed by atoms with Gasteiger partial charge in [-0.1, -0.05) is 55.2 Å². The number of benzene rings is 2. The zero-order chi connectivity index (χ0) is 21.1. The van der Waals surface area contributed by atoms with Crippen LogP contribution in [0.2, 0.25) is 10.0 Å². The van der Waals surface area contributed by atoms with E-state index in [9.17, 15) is 0 Å². The average molecular weight is 447 g/mol. The Morgan fingerprint density at radius 2 is 1.72 bits per heavy atom. The van der Waals surface area contributed by atoms with Gasteiger partial charge in [0.05, 0.1) is 33.7 Å². The fraction of sp³-hybridized carbons (Fsp3) is 0.273. The van der Waals surface area contributed by atoms with Crippen molar-refractivity contribution in [1.82, 2.24) is 9.78 Å². The van der Waals surface area contributed by atoms with Crippen molar-refractivity contribution in [3.05, 3.63) is 75.0 Å². The van der Waals surface area contributed by atoms with Crippen LogP contribution in [0.4, 0.5) is 11.4 Å². The van der Waals surface area contributed by atoms with Gasteiger partial charge in [-0.15, -0.1) is 0 Å². The minimum Gasteiger partial charge on any atom is -0.332 e. The maximum Gasteiger partial charge on any atom is 0.175 e. The molecule has 0 amide bonds. The van der Waals surface area contributed by atoms with Gasteiger partial charge in [0.15, 0.2) is 5.11 Å². The van der Waals surface area contributed by atoms with Gasteiger partial charge < -0.3 is 10.6 Å². The summed E-state index contributed by atoms with van der Waals surface area (Å²) in [6.45, 7) is 8.92. The van der Waals surface area contributed by atoms with Crippen LogP contribution in [0.1, 0.15) is 42.3 Å². The first-order valence-corrected chi connectivity index (χ1v) is 10.6. The van der Waals surface area contributed by atoms with Gasteiger partial charge >= 0.3 is 0 Å². The van der Waals surface area contributed by atoms with E-state index in [0.29, 0.717) is 27.6 Å². The van der Waals surface area contributed by atoms with Crippen molar-refractivity contribution in [2.24, 2.45) is 0 Å². The van der Waals surface area contributed by atoms with E-state index in [-0.39, 0.29) is 0 Å². The molecule has 0 atom stereocenters. The van der Waals surface area contributed by atoms with E-state index >= 15 is 0 Å². The largest absolute Gasteiger partial charge is 0.332 e. The van der Waals surface area contributed by atoms with E-state index in [1.54, 1.807) is 6.07 Å². The first-order valence-electron chi connectivity index (χ1n) is 9.40. The molecule has 1 heterocycles. The molecule has 29 heavy (non-hydrogen) atoms. The summed E-state index contributed by atoms with van der Waals surface area (Å²) < 4.78 is 1.93. The molecule has 3 aromatic rings. The highest BCUT2D eigenvalue weighted by molar-refractivity contribution is 7.80. The molecular weight excluding hydrogens is 423 g/mol. The molecule has 7 heteroatoms. The second-order valence-electron chi connectivity index (χ2n) is 7.31. The first kappa shape index (κ1) is 21.6. The standard InChI is InChI=1S/C22H24Cl2N4S/c1-13(2)17-6-8-18(9-7-17)25-22(29)26-21-14(3)27-28(15(21)4)12-16-5-10-19(23)20(24)11-16/h5-11,13H,12H2,1-4H3,(H2,25,26,29). The third kappa shape index (κ3) is 5.30. The molecule has 0 fully saturated rings. The maximum atomic E-state index is 6.13. The highest BCUT2D eigenvalue weighted by Gasteiger charge is 2.14. The van der Waals surface area contributed by atoms with Gasteiger partial charge in [-0.3, -0.25) is 4.68 Å². The smallest absolute Gasteiger partial charge is 0.175 e. The van der Waals surface area contributed by atoms with Crippen LogP contribution in [0, 0.1) is 13.8 Å². The lowest BCUT2D eigenvalue weighted by Gasteiger charge is -2.12. The van der Waals surface area contributed by atoms with Crippen LogP contribution in [-0.4, -0.2) is 14.9 Å². The van der Waals surface area contributed by atoms with Crippen molar-refractivity contribution in [2.75, 3.05) is 10.6 Å². The molecule has 3 rings (SSSR count). The topological polar surface area (TPSA) is 41.9 Å². The van der Waals surface area contributed by atoms with Crippen LogP contribution in [0.25, 0.3) is 0 Å². The molecule has 4 nitrogen and oxygen atoms in total. The molecule has 0 aliphatic heterocycles. The molecule has 0 aliphatic carbocycles. The van der Waals surface area contributed by atoms with Crippen molar-refractivity contribution in [1.29, 1.82) is 0 Å². The number of anilines is 2. The number of aromatic nitrogens is 2. The second kappa shape index (κ2) is 9.16. The highest BCUT2D eigenvalue weighted by Crippen LogP contribution is 2.25. The number of nitrogens with one attached hydrogen (secondary N) is 2. The number of hydrogen-bond acceptors (Lipinski definition) is 2. The van der Waals surface area contributed by atoms with Gasteiger partial charge in [0.25, 0.3) is 0 Å². The van der Waals surface area contributed by atoms with E-state index in [1.165, 1.54) is 5.56 Å². The molecule has 0 radical (unpaired) electrons. The van der Waals surface area contributed by atoms with Gasteiger partial charge in [-0.25, -0.2) is 0 Å². The van der Waals surface area contributed by atoms with Crippen molar-refractivity contribution in [3.8, 4) is 0 Å². The molecule has 2 N–H and O–H groups in total. The van der Waals surface area contributed by atoms with Crippen LogP contribution >= 0.6 is 35.4 Å². The van der Waals surface area contributed by atoms with Gasteiger partial charge in [0.2, 0.25) is 0 Å². The summed E-state index contributed by atoms with van der Waals surface area (Å²) in [6, 6.07) is 13.9. The quantitative estimate of drug-likeness (QED) is 0.423. The predicted molar refractivity (Wildman–Crippen MR) is 128 cm³/mol. The van der Waals surface area contributed by atoms with E-state index in [1.807, 2.05) is 42.8 Å². The van der Waals surface area contributed by atoms with Crippen LogP contribution in [0.15, 0.2) is 42.5 Å². The Morgan fingerprint density at radius 3 is 2.34 bits per heavy atom. The third-order valence-corrected chi connectivity index (χ3v) is 5.71. The number of thiocarbonyl (C=S) groups is 1. The second-order valence-corrected chi connectivity index (χ2v) is 8.53. The molecular formula is C22H24Cl2N4S. The Morgan fingerprint density at radius 1 is 1.03 bits per heavy atom. The molecule has 0 aliphatic rings. The molecule has 0 unspecified atom stereocenters. The Kier molecular flexibility index (Phi) is 6.83. The summed E-state index contributed by atoms with van der Waals surface area (Å²) in [5, 5.41) is 12.8. The summed E-state index contributed by atoms with van der Waals surface area (Å²) in [5.41, 5.74) is 6.05. The van der Waals surface area contributed by atoms with Gasteiger partial charge in [0, 0.05) is 5.69 Å². The van der Waals surface area contributed by atoms with Crippen molar-refractivity contribution in [3.63, 3.8) is 0 Å². The average Bonchev–Trinajstić information content (AvgIpc) is 2.92. The lowest BCUT2D eigenvalue weighted by atomic mass is 10.0. The summed E-state index contributed by atoms with van der Waals surface area (Å²) in [5.74, 6) is 0.501. The van der Waals surface area contributed by atoms with E-state index < -0.39 is 0 Å². The minimum atomic E-state index is 0.501. The molecule has 0 spiro atoms. The summed E-state index contributed by atoms with van der Waals surface area (Å²) in [6.07, 6.45) is 0. The van der Waals surface area contributed by atoms with Crippen LogP contribution in [0.5, 0.6) is 0 Å². The van der Waals surface area contributed by atoms with Gasteiger partial charge in [-0.2, -0.15) is 5.10 Å². The van der Waals surface area contributed by atoms with Crippen LogP contribution in [0.3, 0.4) is 0 Å². The maximum absolute atomic E-state index is 6.13. The third-order valence-electron chi connectivity index (χ3n) is 4.77. The Balaban J connectivity index is 1.70. The molecule has 0 bridgehead atoms. The van der Waals surface area contributed by atoms with Crippen molar-refractivity contribution < 1.29 is 0 Å². The fourth-order valence-corrected chi connectivity index (χ4v) is 3.61. The molecule has 2 aromatic carbocycles. The molecule has 0 saturated heterocycles. The Bertz CT molecular complexity index is 1030. The Hall–Kier alpha value is -2.08. The summed E-state index contributed by atoms with van der Waals surface area (Å²) in [7, 11) is 0. The molecule has 0 saturated carbocycles.